The highest BCUT2D eigenvalue weighted by Gasteiger charge is 2.26. The number of benzene rings is 1. The zero-order valence-electron chi connectivity index (χ0n) is 14.1. The van der Waals surface area contributed by atoms with Gasteiger partial charge in [-0.1, -0.05) is 30.3 Å². The van der Waals surface area contributed by atoms with Crippen LogP contribution >= 0.6 is 0 Å². The van der Waals surface area contributed by atoms with Crippen molar-refractivity contribution in [2.45, 2.75) is 51.4 Å². The van der Waals surface area contributed by atoms with Crippen LogP contribution in [0.25, 0.3) is 0 Å². The van der Waals surface area contributed by atoms with E-state index in [1.807, 2.05) is 30.3 Å². The average molecular weight is 322 g/mol. The molecule has 6 nitrogen and oxygen atoms in total. The summed E-state index contributed by atoms with van der Waals surface area (Å²) in [7, 11) is 1.50. The summed E-state index contributed by atoms with van der Waals surface area (Å²) >= 11 is 0. The van der Waals surface area contributed by atoms with Crippen molar-refractivity contribution in [3.05, 3.63) is 35.9 Å². The minimum atomic E-state index is -1.01. The molecular weight excluding hydrogens is 296 g/mol. The summed E-state index contributed by atoms with van der Waals surface area (Å²) in [5, 5.41) is 15.4. The van der Waals surface area contributed by atoms with E-state index in [0.29, 0.717) is 6.42 Å². The molecule has 0 fully saturated rings. The first-order valence-electron chi connectivity index (χ1n) is 7.63. The van der Waals surface area contributed by atoms with Gasteiger partial charge >= 0.3 is 6.09 Å². The van der Waals surface area contributed by atoms with Crippen molar-refractivity contribution in [2.24, 2.45) is 0 Å². The van der Waals surface area contributed by atoms with Crippen molar-refractivity contribution in [1.82, 2.24) is 10.6 Å². The Labute approximate surface area is 137 Å². The van der Waals surface area contributed by atoms with Gasteiger partial charge in [0.1, 0.15) is 5.60 Å². The van der Waals surface area contributed by atoms with Gasteiger partial charge in [-0.15, -0.1) is 0 Å². The van der Waals surface area contributed by atoms with E-state index in [0.717, 1.165) is 5.56 Å². The summed E-state index contributed by atoms with van der Waals surface area (Å²) in [5.74, 6) is -0.290. The van der Waals surface area contributed by atoms with Crippen LogP contribution in [0.1, 0.15) is 32.8 Å². The standard InChI is InChI=1S/C17H26N2O4/c1-17(2,3)23-16(22)19-13(14(20)11-15(21)18-4)10-12-8-6-5-7-9-12/h5-9,13-14,20H,10-11H2,1-4H3,(H,18,21)(H,19,22)/t13-,14-/m0/s1. The fourth-order valence-corrected chi connectivity index (χ4v) is 2.04. The lowest BCUT2D eigenvalue weighted by Gasteiger charge is -2.26. The Kier molecular flexibility index (Phi) is 7.03. The minimum Gasteiger partial charge on any atom is -0.444 e. The van der Waals surface area contributed by atoms with Crippen LogP contribution in [-0.4, -0.2) is 41.9 Å². The molecule has 2 amide bonds. The Morgan fingerprint density at radius 3 is 2.35 bits per heavy atom. The molecule has 0 aliphatic carbocycles. The molecule has 0 aliphatic rings. The molecule has 2 atom stereocenters. The molecule has 0 heterocycles. The van der Waals surface area contributed by atoms with Crippen LogP contribution in [0.3, 0.4) is 0 Å². The Morgan fingerprint density at radius 1 is 1.22 bits per heavy atom. The summed E-state index contributed by atoms with van der Waals surface area (Å²) < 4.78 is 5.23. The van der Waals surface area contributed by atoms with E-state index in [-0.39, 0.29) is 12.3 Å². The highest BCUT2D eigenvalue weighted by atomic mass is 16.6. The molecular formula is C17H26N2O4. The fraction of sp³-hybridized carbons (Fsp3) is 0.529. The molecule has 1 aromatic rings. The monoisotopic (exact) mass is 322 g/mol. The van der Waals surface area contributed by atoms with Gasteiger partial charge in [-0.3, -0.25) is 4.79 Å². The van der Waals surface area contributed by atoms with Crippen LogP contribution in [0.15, 0.2) is 30.3 Å². The second kappa shape index (κ2) is 8.53. The summed E-state index contributed by atoms with van der Waals surface area (Å²) in [6.07, 6.45) is -1.32. The summed E-state index contributed by atoms with van der Waals surface area (Å²) in [6, 6.07) is 8.83. The molecule has 0 radical (unpaired) electrons. The Balaban J connectivity index is 2.79. The zero-order valence-corrected chi connectivity index (χ0v) is 14.1. The SMILES string of the molecule is CNC(=O)C[C@H](O)[C@H](Cc1ccccc1)NC(=O)OC(C)(C)C. The van der Waals surface area contributed by atoms with Gasteiger partial charge < -0.3 is 20.5 Å². The third-order valence-corrected chi connectivity index (χ3v) is 3.14. The average Bonchev–Trinajstić information content (AvgIpc) is 2.45. The molecule has 0 aliphatic heterocycles. The lowest BCUT2D eigenvalue weighted by atomic mass is 9.99. The van der Waals surface area contributed by atoms with Crippen molar-refractivity contribution < 1.29 is 19.4 Å². The second-order valence-electron chi connectivity index (χ2n) is 6.39. The molecule has 23 heavy (non-hydrogen) atoms. The zero-order chi connectivity index (χ0) is 17.5. The third kappa shape index (κ3) is 7.65. The molecule has 0 saturated heterocycles. The summed E-state index contributed by atoms with van der Waals surface area (Å²) in [6.45, 7) is 5.29. The number of carbonyl (C=O) groups excluding carboxylic acids is 2. The molecule has 0 saturated carbocycles. The van der Waals surface area contributed by atoms with Crippen LogP contribution < -0.4 is 10.6 Å². The number of rotatable bonds is 6. The first-order valence-corrected chi connectivity index (χ1v) is 7.63. The van der Waals surface area contributed by atoms with Crippen LogP contribution in [0.4, 0.5) is 4.79 Å². The Morgan fingerprint density at radius 2 is 1.83 bits per heavy atom. The predicted molar refractivity (Wildman–Crippen MR) is 88.0 cm³/mol. The van der Waals surface area contributed by atoms with Crippen molar-refractivity contribution >= 4 is 12.0 Å². The van der Waals surface area contributed by atoms with Gasteiger partial charge in [0.25, 0.3) is 0 Å². The maximum atomic E-state index is 12.0. The Hall–Kier alpha value is -2.08. The molecule has 1 rings (SSSR count). The molecule has 0 aromatic heterocycles. The van der Waals surface area contributed by atoms with Crippen molar-refractivity contribution in [3.63, 3.8) is 0 Å². The van der Waals surface area contributed by atoms with Gasteiger partial charge in [-0.25, -0.2) is 4.79 Å². The number of carbonyl (C=O) groups is 2. The van der Waals surface area contributed by atoms with Gasteiger partial charge in [-0.2, -0.15) is 0 Å². The predicted octanol–water partition coefficient (Wildman–Crippen LogP) is 1.62. The summed E-state index contributed by atoms with van der Waals surface area (Å²) in [5.41, 5.74) is 0.317. The van der Waals surface area contributed by atoms with Crippen LogP contribution in [0, 0.1) is 0 Å². The van der Waals surface area contributed by atoms with E-state index in [9.17, 15) is 14.7 Å². The van der Waals surface area contributed by atoms with E-state index in [1.165, 1.54) is 7.05 Å². The lowest BCUT2D eigenvalue weighted by molar-refractivity contribution is -0.122. The smallest absolute Gasteiger partial charge is 0.407 e. The van der Waals surface area contributed by atoms with E-state index >= 15 is 0 Å². The number of hydrogen-bond acceptors (Lipinski definition) is 4. The van der Waals surface area contributed by atoms with E-state index in [2.05, 4.69) is 10.6 Å². The van der Waals surface area contributed by atoms with Crippen molar-refractivity contribution in [2.75, 3.05) is 7.05 Å². The maximum Gasteiger partial charge on any atom is 0.407 e. The number of ether oxygens (including phenoxy) is 1. The number of nitrogens with one attached hydrogen (secondary N) is 2. The number of amides is 2. The number of alkyl carbamates (subject to hydrolysis) is 1. The highest BCUT2D eigenvalue weighted by Crippen LogP contribution is 2.11. The maximum absolute atomic E-state index is 12.0. The third-order valence-electron chi connectivity index (χ3n) is 3.14. The second-order valence-corrected chi connectivity index (χ2v) is 6.39. The van der Waals surface area contributed by atoms with Crippen LogP contribution in [-0.2, 0) is 16.0 Å². The van der Waals surface area contributed by atoms with Gasteiger partial charge in [0.2, 0.25) is 5.91 Å². The first kappa shape index (κ1) is 19.0. The normalized spacial score (nSPS) is 13.8. The fourth-order valence-electron chi connectivity index (χ4n) is 2.04. The molecule has 6 heteroatoms. The molecule has 128 valence electrons. The lowest BCUT2D eigenvalue weighted by Crippen LogP contribution is -2.48. The quantitative estimate of drug-likeness (QED) is 0.742. The van der Waals surface area contributed by atoms with Gasteiger partial charge in [0.15, 0.2) is 0 Å². The number of aliphatic hydroxyl groups is 1. The number of aliphatic hydroxyl groups excluding tert-OH is 1. The molecule has 1 aromatic carbocycles. The van der Waals surface area contributed by atoms with E-state index < -0.39 is 23.8 Å². The van der Waals surface area contributed by atoms with Gasteiger partial charge in [0.05, 0.1) is 18.6 Å². The summed E-state index contributed by atoms with van der Waals surface area (Å²) in [4.78, 5) is 23.5. The highest BCUT2D eigenvalue weighted by molar-refractivity contribution is 5.76. The van der Waals surface area contributed by atoms with Crippen molar-refractivity contribution in [1.29, 1.82) is 0 Å². The topological polar surface area (TPSA) is 87.7 Å². The first-order chi connectivity index (χ1) is 10.7. The molecule has 0 spiro atoms. The van der Waals surface area contributed by atoms with Crippen LogP contribution in [0.2, 0.25) is 0 Å². The van der Waals surface area contributed by atoms with Crippen molar-refractivity contribution in [3.8, 4) is 0 Å². The van der Waals surface area contributed by atoms with E-state index in [1.54, 1.807) is 20.8 Å². The van der Waals surface area contributed by atoms with E-state index in [4.69, 9.17) is 4.74 Å². The molecule has 0 bridgehead atoms. The Bertz CT molecular complexity index is 511. The van der Waals surface area contributed by atoms with Gasteiger partial charge in [-0.05, 0) is 32.8 Å². The molecule has 0 unspecified atom stereocenters. The minimum absolute atomic E-state index is 0.0935. The molecule has 3 N–H and O–H groups in total. The largest absolute Gasteiger partial charge is 0.444 e. The van der Waals surface area contributed by atoms with Gasteiger partial charge in [0, 0.05) is 7.05 Å². The number of hydrogen-bond donors (Lipinski definition) is 3. The van der Waals surface area contributed by atoms with Crippen LogP contribution in [0.5, 0.6) is 0 Å².